The van der Waals surface area contributed by atoms with Crippen LogP contribution in [0.25, 0.3) is 0 Å². The molecule has 5 heteroatoms. The van der Waals surface area contributed by atoms with Crippen molar-refractivity contribution in [2.75, 3.05) is 0 Å². The van der Waals surface area contributed by atoms with Gasteiger partial charge in [-0.2, -0.15) is 0 Å². The Balaban J connectivity index is 1.69. The van der Waals surface area contributed by atoms with E-state index in [-0.39, 0.29) is 23.0 Å². The van der Waals surface area contributed by atoms with Crippen LogP contribution < -0.4 is 4.72 Å². The third kappa shape index (κ3) is 4.34. The fourth-order valence-electron chi connectivity index (χ4n) is 2.19. The molecule has 2 aliphatic rings. The Hall–Kier alpha value is -0.840. The number of nitrogens with one attached hydrogen (secondary N) is 1. The molecule has 4 nitrogen and oxygen atoms in total. The third-order valence-corrected chi connectivity index (χ3v) is 5.58. The van der Waals surface area contributed by atoms with E-state index in [4.69, 9.17) is 0 Å². The van der Waals surface area contributed by atoms with Crippen molar-refractivity contribution in [3.63, 3.8) is 0 Å². The minimum atomic E-state index is -3.37. The van der Waals surface area contributed by atoms with Crippen molar-refractivity contribution in [1.29, 1.82) is 0 Å². The fourth-order valence-corrected chi connectivity index (χ4v) is 3.54. The highest BCUT2D eigenvalue weighted by molar-refractivity contribution is 7.90. The van der Waals surface area contributed by atoms with Gasteiger partial charge in [0.25, 0.3) is 0 Å². The number of hydrogen-bond donors (Lipinski definition) is 1. The van der Waals surface area contributed by atoms with Gasteiger partial charge in [-0.1, -0.05) is 31.9 Å². The van der Waals surface area contributed by atoms with Crippen LogP contribution in [0, 0.1) is 11.8 Å². The maximum atomic E-state index is 11.8. The van der Waals surface area contributed by atoms with Crippen molar-refractivity contribution in [1.82, 2.24) is 4.72 Å². The summed E-state index contributed by atoms with van der Waals surface area (Å²) in [6, 6.07) is 0. The number of hydrogen-bond acceptors (Lipinski definition) is 3. The van der Waals surface area contributed by atoms with Gasteiger partial charge in [-0.15, -0.1) is 0 Å². The van der Waals surface area contributed by atoms with Gasteiger partial charge >= 0.3 is 0 Å². The molecule has 0 aromatic carbocycles. The number of rotatable bonds is 8. The Morgan fingerprint density at radius 1 is 1.32 bits per heavy atom. The van der Waals surface area contributed by atoms with Gasteiger partial charge in [-0.3, -0.25) is 9.52 Å². The fraction of sp³-hybridized carbons (Fsp3) is 0.786. The maximum absolute atomic E-state index is 11.8. The largest absolute Gasteiger partial charge is 0.274 e. The Bertz CT molecular complexity index is 451. The lowest BCUT2D eigenvalue weighted by Gasteiger charge is -2.04. The molecule has 0 aromatic rings. The van der Waals surface area contributed by atoms with Crippen LogP contribution in [0.5, 0.6) is 0 Å². The Morgan fingerprint density at radius 3 is 2.68 bits per heavy atom. The minimum Gasteiger partial charge on any atom is -0.274 e. The molecule has 0 heterocycles. The van der Waals surface area contributed by atoms with Crippen molar-refractivity contribution in [2.45, 2.75) is 57.1 Å². The zero-order valence-electron chi connectivity index (χ0n) is 11.5. The number of carbonyl (C=O) groups excluding carboxylic acids is 1. The van der Waals surface area contributed by atoms with E-state index in [0.29, 0.717) is 12.8 Å². The highest BCUT2D eigenvalue weighted by atomic mass is 32.2. The second kappa shape index (κ2) is 6.07. The van der Waals surface area contributed by atoms with Gasteiger partial charge in [0, 0.05) is 5.92 Å². The Labute approximate surface area is 115 Å². The van der Waals surface area contributed by atoms with E-state index in [1.165, 1.54) is 19.3 Å². The lowest BCUT2D eigenvalue weighted by atomic mass is 10.2. The first-order valence-corrected chi connectivity index (χ1v) is 8.81. The van der Waals surface area contributed by atoms with Gasteiger partial charge in [0.05, 0.1) is 5.25 Å². The predicted molar refractivity (Wildman–Crippen MR) is 75.0 cm³/mol. The monoisotopic (exact) mass is 285 g/mol. The Kier molecular flexibility index (Phi) is 4.66. The molecular weight excluding hydrogens is 262 g/mol. The molecule has 0 aromatic heterocycles. The molecule has 19 heavy (non-hydrogen) atoms. The van der Waals surface area contributed by atoms with Crippen molar-refractivity contribution < 1.29 is 13.2 Å². The van der Waals surface area contributed by atoms with Crippen LogP contribution in [0.4, 0.5) is 0 Å². The lowest BCUT2D eigenvalue weighted by Crippen LogP contribution is -2.34. The zero-order chi connectivity index (χ0) is 13.9. The third-order valence-electron chi connectivity index (χ3n) is 3.74. The summed E-state index contributed by atoms with van der Waals surface area (Å²) in [5.74, 6) is -0.193. The topological polar surface area (TPSA) is 63.2 Å². The first kappa shape index (κ1) is 14.6. The summed E-state index contributed by atoms with van der Waals surface area (Å²) in [5.41, 5.74) is 0. The van der Waals surface area contributed by atoms with Crippen molar-refractivity contribution >= 4 is 15.9 Å². The molecule has 0 spiro atoms. The van der Waals surface area contributed by atoms with Crippen LogP contribution >= 0.6 is 0 Å². The molecule has 1 unspecified atom stereocenters. The van der Waals surface area contributed by atoms with Gasteiger partial charge in [0.1, 0.15) is 0 Å². The lowest BCUT2D eigenvalue weighted by molar-refractivity contribution is -0.120. The molecule has 0 aliphatic heterocycles. The molecule has 2 aliphatic carbocycles. The molecule has 0 radical (unpaired) electrons. The van der Waals surface area contributed by atoms with Gasteiger partial charge in [-0.25, -0.2) is 8.42 Å². The van der Waals surface area contributed by atoms with Crippen LogP contribution in [-0.2, 0) is 14.8 Å². The summed E-state index contributed by atoms with van der Waals surface area (Å²) in [6.45, 7) is 2.17. The van der Waals surface area contributed by atoms with E-state index < -0.39 is 10.0 Å². The quantitative estimate of drug-likeness (QED) is 0.550. The molecular formula is C14H23NO3S. The van der Waals surface area contributed by atoms with Crippen molar-refractivity contribution in [2.24, 2.45) is 11.8 Å². The van der Waals surface area contributed by atoms with E-state index in [9.17, 15) is 13.2 Å². The number of carbonyl (C=O) groups is 1. The standard InChI is InChI=1S/C14H23NO3S/c1-2-3-4-5-6-7-11-10-13(11)14(16)15-19(17,18)12-8-9-12/h6-7,11-13H,2-5,8-10H2,1H3,(H,15,16)/b7-6-/t11?,13-/m0/s1. The molecule has 0 bridgehead atoms. The highest BCUT2D eigenvalue weighted by Crippen LogP contribution is 2.40. The number of allylic oxidation sites excluding steroid dienone is 2. The maximum Gasteiger partial charge on any atom is 0.237 e. The average molecular weight is 285 g/mol. The smallest absolute Gasteiger partial charge is 0.237 e. The SMILES string of the molecule is CCCCC/C=C\C1C[C@@H]1C(=O)NS(=O)(=O)C1CC1. The van der Waals surface area contributed by atoms with E-state index in [1.807, 2.05) is 0 Å². The summed E-state index contributed by atoms with van der Waals surface area (Å²) >= 11 is 0. The first-order chi connectivity index (χ1) is 9.04. The second-order valence-corrected chi connectivity index (χ2v) is 7.60. The molecule has 1 amide bonds. The van der Waals surface area contributed by atoms with Crippen molar-refractivity contribution in [3.8, 4) is 0 Å². The van der Waals surface area contributed by atoms with E-state index in [0.717, 1.165) is 12.8 Å². The normalized spacial score (nSPS) is 26.6. The molecule has 1 N–H and O–H groups in total. The molecule has 2 fully saturated rings. The van der Waals surface area contributed by atoms with E-state index >= 15 is 0 Å². The van der Waals surface area contributed by atoms with Gasteiger partial charge in [0.15, 0.2) is 0 Å². The summed E-state index contributed by atoms with van der Waals surface area (Å²) in [6.07, 6.45) is 11.1. The van der Waals surface area contributed by atoms with Gasteiger partial charge in [-0.05, 0) is 38.0 Å². The molecule has 0 saturated heterocycles. The number of amides is 1. The van der Waals surface area contributed by atoms with Crippen LogP contribution in [-0.4, -0.2) is 19.6 Å². The van der Waals surface area contributed by atoms with Gasteiger partial charge < -0.3 is 0 Å². The first-order valence-electron chi connectivity index (χ1n) is 7.26. The van der Waals surface area contributed by atoms with E-state index in [1.54, 1.807) is 0 Å². The van der Waals surface area contributed by atoms with Crippen LogP contribution in [0.1, 0.15) is 51.9 Å². The van der Waals surface area contributed by atoms with E-state index in [2.05, 4.69) is 23.8 Å². The van der Waals surface area contributed by atoms with Crippen LogP contribution in [0.15, 0.2) is 12.2 Å². The molecule has 2 saturated carbocycles. The highest BCUT2D eigenvalue weighted by Gasteiger charge is 2.44. The summed E-state index contributed by atoms with van der Waals surface area (Å²) < 4.78 is 25.5. The van der Waals surface area contributed by atoms with Gasteiger partial charge in [0.2, 0.25) is 15.9 Å². The summed E-state index contributed by atoms with van der Waals surface area (Å²) in [5, 5.41) is -0.321. The molecule has 2 atom stereocenters. The number of sulfonamides is 1. The summed E-state index contributed by atoms with van der Waals surface area (Å²) in [7, 11) is -3.37. The summed E-state index contributed by atoms with van der Waals surface area (Å²) in [4.78, 5) is 11.8. The average Bonchev–Trinajstić information content (AvgIpc) is 3.21. The minimum absolute atomic E-state index is 0.129. The van der Waals surface area contributed by atoms with Crippen LogP contribution in [0.2, 0.25) is 0 Å². The molecule has 2 rings (SSSR count). The number of unbranched alkanes of at least 4 members (excludes halogenated alkanes) is 3. The van der Waals surface area contributed by atoms with Crippen molar-refractivity contribution in [3.05, 3.63) is 12.2 Å². The molecule has 108 valence electrons. The second-order valence-electron chi connectivity index (χ2n) is 5.64. The predicted octanol–water partition coefficient (Wildman–Crippen LogP) is 2.37. The van der Waals surface area contributed by atoms with Crippen LogP contribution in [0.3, 0.4) is 0 Å². The Morgan fingerprint density at radius 2 is 2.05 bits per heavy atom. The zero-order valence-corrected chi connectivity index (χ0v) is 12.3.